The van der Waals surface area contributed by atoms with Gasteiger partial charge >= 0.3 is 0 Å². The lowest BCUT2D eigenvalue weighted by Gasteiger charge is -2.42. The predicted octanol–water partition coefficient (Wildman–Crippen LogP) is 29.1. The van der Waals surface area contributed by atoms with Crippen LogP contribution in [0.15, 0.2) is 0 Å². The van der Waals surface area contributed by atoms with E-state index in [2.05, 4.69) is 395 Å². The van der Waals surface area contributed by atoms with E-state index < -0.39 is 0 Å². The number of likely N-dealkylation sites (tertiary alicyclic amines) is 9. The van der Waals surface area contributed by atoms with Crippen LogP contribution in [0.1, 0.15) is 507 Å². The first-order valence-electron chi connectivity index (χ1n) is 60.3. The van der Waals surface area contributed by atoms with Crippen LogP contribution in [0.5, 0.6) is 0 Å². The third-order valence-electron chi connectivity index (χ3n) is 31.9. The Morgan fingerprint density at radius 2 is 0.205 bits per heavy atom. The summed E-state index contributed by atoms with van der Waals surface area (Å²) in [6, 6.07) is 0. The molecule has 0 N–H and O–H groups in total. The average molecular weight is 2070 g/mol. The molecule has 0 atom stereocenters. The van der Waals surface area contributed by atoms with Gasteiger partial charge in [-0.15, -0.1) is 0 Å². The predicted molar refractivity (Wildman–Crippen MR) is 663 cm³/mol. The van der Waals surface area contributed by atoms with Crippen LogP contribution < -0.4 is 0 Å². The van der Waals surface area contributed by atoms with Gasteiger partial charge in [0.05, 0.1) is 6.61 Å². The van der Waals surface area contributed by atoms with Crippen molar-refractivity contribution in [3.8, 4) is 0 Å². The van der Waals surface area contributed by atoms with Crippen molar-refractivity contribution < 1.29 is 4.74 Å². The zero-order valence-corrected chi connectivity index (χ0v) is 106. The van der Waals surface area contributed by atoms with Gasteiger partial charge in [0, 0.05) is 176 Å². The van der Waals surface area contributed by atoms with Gasteiger partial charge < -0.3 is 19.4 Å². The summed E-state index contributed by atoms with van der Waals surface area (Å²) in [5, 5.41) is 0. The molecule has 18 heteroatoms. The fraction of sp³-hybridized carbons (Fsp3) is 1.00. The zero-order chi connectivity index (χ0) is 108. The number of ether oxygens (including phenoxy) is 1. The van der Waals surface area contributed by atoms with Gasteiger partial charge in [-0.3, -0.25) is 68.6 Å². The summed E-state index contributed by atoms with van der Waals surface area (Å²) in [6.45, 7) is 141. The van der Waals surface area contributed by atoms with E-state index in [1.54, 1.807) is 0 Å². The lowest BCUT2D eigenvalue weighted by atomic mass is 10.0. The Labute approximate surface area is 923 Å². The molecule has 0 unspecified atom stereocenters. The third kappa shape index (κ3) is 73.8. The first-order chi connectivity index (χ1) is 65.2. The maximum Gasteiger partial charge on any atom is 0.0593 e. The molecule has 0 spiro atoms. The maximum absolute atomic E-state index is 5.38. The minimum absolute atomic E-state index is 0. The van der Waals surface area contributed by atoms with Crippen LogP contribution in [0.2, 0.25) is 0 Å². The summed E-state index contributed by atoms with van der Waals surface area (Å²) in [7, 11) is 6.60. The molecule has 0 aromatic heterocycles. The van der Waals surface area contributed by atoms with Crippen molar-refractivity contribution in [2.24, 2.45) is 0 Å². The van der Waals surface area contributed by atoms with E-state index in [-0.39, 0.29) is 29.7 Å². The van der Waals surface area contributed by atoms with Crippen LogP contribution in [0.3, 0.4) is 0 Å². The smallest absolute Gasteiger partial charge is 0.0593 e. The SMILES string of the molecule is C.C.C.C.CC(C)(C)N1CC1.CC(C)(C)N1CCC1.CC(C)(C)N1CCCC1.CC(C)(C)N1CCCCC1.CC(C)(C)N1CCCCC1.CC(C)(C)N1CCCCC1.CC(C)(C)N1CCCCC1.CC(C)(C)N1CCCCCC1.CC(C)(C)N1CCCCCC1.CC(C)(C)N1CCCCCC1.CC(C)(C)N1CCCOCC1.CN1CCCN(C(C)(C)C)CC1.CN1CCN(C(C)(C)C)CC1.CN1CCN(C(C)(C)C)CC1. The molecule has 0 aliphatic carbocycles. The zero-order valence-electron chi connectivity index (χ0n) is 106. The summed E-state index contributed by atoms with van der Waals surface area (Å²) in [4.78, 5) is 43.0. The highest BCUT2D eigenvalue weighted by Crippen LogP contribution is 2.30. The number of nitrogens with zero attached hydrogens (tertiary/aromatic N) is 17. The van der Waals surface area contributed by atoms with Gasteiger partial charge in [-0.05, 0) is 565 Å². The van der Waals surface area contributed by atoms with Gasteiger partial charge in [-0.25, -0.2) is 0 Å². The topological polar surface area (TPSA) is 64.1 Å². The fourth-order valence-corrected chi connectivity index (χ4v) is 20.7. The summed E-state index contributed by atoms with van der Waals surface area (Å²) in [5.41, 5.74) is 5.47. The normalized spacial score (nSPS) is 22.7. The Morgan fingerprint density at radius 1 is 0.103 bits per heavy atom. The van der Waals surface area contributed by atoms with Crippen LogP contribution in [-0.4, -0.2) is 418 Å². The molecule has 0 aromatic carbocycles. The lowest BCUT2D eigenvalue weighted by Crippen LogP contribution is -2.52. The van der Waals surface area contributed by atoms with E-state index in [9.17, 15) is 0 Å². The van der Waals surface area contributed by atoms with E-state index in [0.29, 0.717) is 77.5 Å². The molecule has 14 saturated heterocycles. The second-order valence-corrected chi connectivity index (χ2v) is 59.0. The first-order valence-corrected chi connectivity index (χ1v) is 60.3. The standard InChI is InChI=1S/C10H22N2.3C10H21N.2C9H20N2.C9H19NO.4C9H19N.C8H17N.C7H15N.C6H13N.4CH4/c1-10(2,3)12-7-5-6-11(4)8-9-12;3*1-10(2,3)11-8-6-4-5-7-9-11;2*1-9(2,3)11-7-5-10(4)6-8-11;1-9(2,3)10-5-4-7-11-8-6-10;4*1-9(2,3)10-7-5-4-6-8-10;1-8(2,3)9-6-4-5-7-9;1-7(2,3)8-5-4-6-8;1-6(2,3)7-4-5-7;;;;/h5-9H2,1-4H3;3*4-9H2,1-3H3;2*5-8H2,1-4H3;4-8H2,1-3H3;4*4-8H2,1-3H3;4-7H2,1-3H3;4-6H2,1-3H3;4-5H2,1-3H3;4*1H4. The minimum Gasteiger partial charge on any atom is -0.380 e. The molecule has 0 bridgehead atoms. The van der Waals surface area contributed by atoms with Crippen molar-refractivity contribution in [2.45, 2.75) is 584 Å². The highest BCUT2D eigenvalue weighted by molar-refractivity contribution is 4.91. The quantitative estimate of drug-likeness (QED) is 0.216. The second kappa shape index (κ2) is 73.8. The fourth-order valence-electron chi connectivity index (χ4n) is 20.7. The van der Waals surface area contributed by atoms with E-state index >= 15 is 0 Å². The largest absolute Gasteiger partial charge is 0.380 e. The highest BCUT2D eigenvalue weighted by atomic mass is 16.5. The number of rotatable bonds is 0. The van der Waals surface area contributed by atoms with Gasteiger partial charge in [0.15, 0.2) is 0 Å². The van der Waals surface area contributed by atoms with Crippen molar-refractivity contribution in [3.63, 3.8) is 0 Å². The summed E-state index contributed by atoms with van der Waals surface area (Å²) in [5.74, 6) is 0. The van der Waals surface area contributed by atoms with Crippen LogP contribution in [0.25, 0.3) is 0 Å². The maximum atomic E-state index is 5.38. The molecule has 0 aromatic rings. The monoisotopic (exact) mass is 2070 g/mol. The molecular formula is C128H281N17O. The Morgan fingerprint density at radius 3 is 0.356 bits per heavy atom. The van der Waals surface area contributed by atoms with Crippen LogP contribution in [0, 0.1) is 0 Å². The minimum atomic E-state index is 0. The molecule has 14 fully saturated rings. The average Bonchev–Trinajstić information content (AvgIpc) is 1.71. The number of piperidine rings is 4. The summed E-state index contributed by atoms with van der Waals surface area (Å²) < 4.78 is 5.38. The molecule has 14 heterocycles. The highest BCUT2D eigenvalue weighted by Gasteiger charge is 2.34. The molecule has 0 radical (unpaired) electrons. The number of likely N-dealkylation sites (N-methyl/N-ethyl adjacent to an activating group) is 3. The molecule has 146 heavy (non-hydrogen) atoms. The third-order valence-corrected chi connectivity index (χ3v) is 31.9. The molecule has 14 rings (SSSR count). The Kier molecular flexibility index (Phi) is 76.6. The Bertz CT molecular complexity index is 2680. The van der Waals surface area contributed by atoms with E-state index in [0.717, 1.165) is 19.8 Å². The van der Waals surface area contributed by atoms with Gasteiger partial charge in [0.25, 0.3) is 0 Å². The van der Waals surface area contributed by atoms with Gasteiger partial charge in [-0.1, -0.05) is 93.9 Å². The Balaban J connectivity index is -0.000000743. The number of hydrogen-bond donors (Lipinski definition) is 0. The van der Waals surface area contributed by atoms with Crippen molar-refractivity contribution >= 4 is 0 Å². The molecule has 0 amide bonds. The van der Waals surface area contributed by atoms with E-state index in [4.69, 9.17) is 4.74 Å². The molecular weight excluding hydrogens is 1790 g/mol. The van der Waals surface area contributed by atoms with E-state index in [1.165, 1.54) is 402 Å². The summed E-state index contributed by atoms with van der Waals surface area (Å²) in [6.07, 6.45) is 40.7. The number of hydrogen-bond acceptors (Lipinski definition) is 18. The van der Waals surface area contributed by atoms with Crippen molar-refractivity contribution in [2.75, 3.05) is 257 Å². The van der Waals surface area contributed by atoms with Crippen LogP contribution in [0.4, 0.5) is 0 Å². The molecule has 14 aliphatic heterocycles. The second-order valence-electron chi connectivity index (χ2n) is 59.0. The number of piperazine rings is 2. The van der Waals surface area contributed by atoms with Crippen LogP contribution in [-0.2, 0) is 4.74 Å². The van der Waals surface area contributed by atoms with Crippen LogP contribution >= 0.6 is 0 Å². The summed E-state index contributed by atoms with van der Waals surface area (Å²) >= 11 is 0. The lowest BCUT2D eigenvalue weighted by molar-refractivity contribution is 0.0690. The van der Waals surface area contributed by atoms with Gasteiger partial charge in [-0.2, -0.15) is 0 Å². The Hall–Kier alpha value is -0.720. The van der Waals surface area contributed by atoms with Crippen molar-refractivity contribution in [1.29, 1.82) is 0 Å². The van der Waals surface area contributed by atoms with E-state index in [1.807, 2.05) is 0 Å². The molecule has 18 nitrogen and oxygen atoms in total. The first kappa shape index (κ1) is 152. The molecule has 14 aliphatic rings. The van der Waals surface area contributed by atoms with Gasteiger partial charge in [0.2, 0.25) is 0 Å². The molecule has 0 saturated carbocycles. The van der Waals surface area contributed by atoms with Gasteiger partial charge in [0.1, 0.15) is 0 Å². The molecule has 884 valence electrons. The van der Waals surface area contributed by atoms with Crippen molar-refractivity contribution in [3.05, 3.63) is 0 Å². The van der Waals surface area contributed by atoms with Crippen molar-refractivity contribution in [1.82, 2.24) is 83.3 Å².